The second kappa shape index (κ2) is 8.62. The molecule has 0 radical (unpaired) electrons. The van der Waals surface area contributed by atoms with E-state index in [2.05, 4.69) is 11.4 Å². The first-order valence-electron chi connectivity index (χ1n) is 8.07. The molecule has 2 rings (SSSR count). The minimum Gasteiger partial charge on any atom is -0.492 e. The quantitative estimate of drug-likeness (QED) is 0.759. The van der Waals surface area contributed by atoms with E-state index in [9.17, 15) is 0 Å². The van der Waals surface area contributed by atoms with E-state index in [1.165, 1.54) is 25.7 Å². The number of ether oxygens (including phenoxy) is 1. The van der Waals surface area contributed by atoms with Crippen molar-refractivity contribution in [2.24, 2.45) is 11.7 Å². The van der Waals surface area contributed by atoms with Crippen LogP contribution < -0.4 is 15.8 Å². The molecule has 1 saturated carbocycles. The van der Waals surface area contributed by atoms with E-state index >= 15 is 0 Å². The largest absolute Gasteiger partial charge is 0.492 e. The van der Waals surface area contributed by atoms with Gasteiger partial charge in [-0.3, -0.25) is 0 Å². The van der Waals surface area contributed by atoms with Crippen LogP contribution in [0.2, 0.25) is 5.02 Å². The summed E-state index contributed by atoms with van der Waals surface area (Å²) in [5.74, 6) is 1.58. The molecule has 1 aliphatic carbocycles. The summed E-state index contributed by atoms with van der Waals surface area (Å²) in [5, 5.41) is 4.31. The maximum absolute atomic E-state index is 6.36. The Morgan fingerprint density at radius 3 is 2.76 bits per heavy atom. The van der Waals surface area contributed by atoms with Crippen molar-refractivity contribution in [3.63, 3.8) is 0 Å². The molecule has 0 saturated heterocycles. The predicted molar refractivity (Wildman–Crippen MR) is 89.1 cm³/mol. The summed E-state index contributed by atoms with van der Waals surface area (Å²) in [7, 11) is 0. The maximum atomic E-state index is 6.36. The zero-order chi connectivity index (χ0) is 15.1. The number of nitrogens with one attached hydrogen (secondary N) is 1. The highest BCUT2D eigenvalue weighted by Gasteiger charge is 2.17. The molecule has 1 aliphatic rings. The van der Waals surface area contributed by atoms with Crippen molar-refractivity contribution in [1.82, 2.24) is 5.32 Å². The van der Waals surface area contributed by atoms with Gasteiger partial charge in [0.2, 0.25) is 0 Å². The summed E-state index contributed by atoms with van der Waals surface area (Å²) < 4.78 is 5.52. The van der Waals surface area contributed by atoms with Gasteiger partial charge in [0.15, 0.2) is 0 Å². The molecular weight excluding hydrogens is 284 g/mol. The monoisotopic (exact) mass is 310 g/mol. The summed E-state index contributed by atoms with van der Waals surface area (Å²) in [5.41, 5.74) is 7.09. The zero-order valence-electron chi connectivity index (χ0n) is 12.9. The van der Waals surface area contributed by atoms with Crippen LogP contribution in [0.5, 0.6) is 5.75 Å². The third-order valence-corrected chi connectivity index (χ3v) is 4.67. The highest BCUT2D eigenvalue weighted by atomic mass is 35.5. The van der Waals surface area contributed by atoms with Crippen molar-refractivity contribution in [1.29, 1.82) is 0 Å². The first-order valence-corrected chi connectivity index (χ1v) is 8.45. The van der Waals surface area contributed by atoms with Gasteiger partial charge in [-0.1, -0.05) is 23.7 Å². The van der Waals surface area contributed by atoms with Gasteiger partial charge in [-0.25, -0.2) is 0 Å². The lowest BCUT2D eigenvalue weighted by molar-refractivity contribution is 0.315. The molecular formula is C17H27ClN2O. The van der Waals surface area contributed by atoms with Crippen LogP contribution in [-0.4, -0.2) is 25.7 Å². The normalized spacial score (nSPS) is 22.2. The van der Waals surface area contributed by atoms with Gasteiger partial charge in [-0.15, -0.1) is 0 Å². The number of benzene rings is 1. The molecule has 0 spiro atoms. The summed E-state index contributed by atoms with van der Waals surface area (Å²) >= 11 is 6.36. The molecule has 0 atom stereocenters. The average Bonchev–Trinajstić information content (AvgIpc) is 2.49. The van der Waals surface area contributed by atoms with Gasteiger partial charge < -0.3 is 15.8 Å². The molecule has 3 nitrogen and oxygen atoms in total. The minimum absolute atomic E-state index is 0.432. The molecule has 0 amide bonds. The second-order valence-electron chi connectivity index (χ2n) is 5.90. The molecule has 0 aromatic heterocycles. The van der Waals surface area contributed by atoms with Crippen LogP contribution in [0.25, 0.3) is 0 Å². The molecule has 0 heterocycles. The molecule has 4 heteroatoms. The van der Waals surface area contributed by atoms with Gasteiger partial charge in [0.05, 0.1) is 11.6 Å². The first kappa shape index (κ1) is 16.6. The third-order valence-electron chi connectivity index (χ3n) is 4.24. The number of hydrogen-bond donors (Lipinski definition) is 2. The van der Waals surface area contributed by atoms with Crippen molar-refractivity contribution >= 4 is 11.6 Å². The van der Waals surface area contributed by atoms with E-state index in [-0.39, 0.29) is 0 Å². The van der Waals surface area contributed by atoms with Crippen molar-refractivity contribution < 1.29 is 4.74 Å². The van der Waals surface area contributed by atoms with Crippen LogP contribution in [0.1, 0.15) is 38.2 Å². The summed E-state index contributed by atoms with van der Waals surface area (Å²) in [6.45, 7) is 4.67. The van der Waals surface area contributed by atoms with Crippen molar-refractivity contribution in [2.45, 2.75) is 45.1 Å². The Morgan fingerprint density at radius 2 is 2.05 bits per heavy atom. The van der Waals surface area contributed by atoms with Crippen LogP contribution in [0.3, 0.4) is 0 Å². The molecule has 0 unspecified atom stereocenters. The lowest BCUT2D eigenvalue weighted by Gasteiger charge is -2.26. The fourth-order valence-electron chi connectivity index (χ4n) is 2.94. The van der Waals surface area contributed by atoms with Gasteiger partial charge >= 0.3 is 0 Å². The molecule has 0 aliphatic heterocycles. The average molecular weight is 311 g/mol. The maximum Gasteiger partial charge on any atom is 0.138 e. The Hall–Kier alpha value is -0.770. The van der Waals surface area contributed by atoms with Gasteiger partial charge in [0.1, 0.15) is 5.75 Å². The molecule has 3 N–H and O–H groups in total. The standard InChI is InChI=1S/C17H27ClN2O/c1-2-21-16-5-3-4-14(17(16)18)10-11-20-12-13-6-8-15(19)9-7-13/h3-5,13,15,20H,2,6-12,19H2,1H3. The Balaban J connectivity index is 1.72. The van der Waals surface area contributed by atoms with Crippen LogP contribution in [0, 0.1) is 5.92 Å². The molecule has 1 fully saturated rings. The van der Waals surface area contributed by atoms with Crippen LogP contribution in [0.15, 0.2) is 18.2 Å². The van der Waals surface area contributed by atoms with E-state index in [4.69, 9.17) is 22.1 Å². The van der Waals surface area contributed by atoms with E-state index in [1.807, 2.05) is 19.1 Å². The van der Waals surface area contributed by atoms with E-state index in [1.54, 1.807) is 0 Å². The predicted octanol–water partition coefficient (Wildman–Crippen LogP) is 3.39. The zero-order valence-corrected chi connectivity index (χ0v) is 13.7. The molecule has 118 valence electrons. The number of hydrogen-bond acceptors (Lipinski definition) is 3. The van der Waals surface area contributed by atoms with E-state index in [0.717, 1.165) is 41.8 Å². The second-order valence-corrected chi connectivity index (χ2v) is 6.28. The lowest BCUT2D eigenvalue weighted by atomic mass is 9.86. The number of halogens is 1. The molecule has 21 heavy (non-hydrogen) atoms. The van der Waals surface area contributed by atoms with E-state index in [0.29, 0.717) is 12.6 Å². The molecule has 1 aromatic carbocycles. The fourth-order valence-corrected chi connectivity index (χ4v) is 3.21. The smallest absolute Gasteiger partial charge is 0.138 e. The number of rotatable bonds is 7. The topological polar surface area (TPSA) is 47.3 Å². The van der Waals surface area contributed by atoms with Crippen molar-refractivity contribution in [2.75, 3.05) is 19.7 Å². The van der Waals surface area contributed by atoms with Crippen LogP contribution in [-0.2, 0) is 6.42 Å². The van der Waals surface area contributed by atoms with Gasteiger partial charge in [0, 0.05) is 6.04 Å². The highest BCUT2D eigenvalue weighted by Crippen LogP contribution is 2.28. The first-order chi connectivity index (χ1) is 10.2. The van der Waals surface area contributed by atoms with E-state index < -0.39 is 0 Å². The van der Waals surface area contributed by atoms with Crippen LogP contribution in [0.4, 0.5) is 0 Å². The summed E-state index contributed by atoms with van der Waals surface area (Å²) in [4.78, 5) is 0. The SMILES string of the molecule is CCOc1cccc(CCNCC2CCC(N)CC2)c1Cl. The fraction of sp³-hybridized carbons (Fsp3) is 0.647. The number of nitrogens with two attached hydrogens (primary N) is 1. The highest BCUT2D eigenvalue weighted by molar-refractivity contribution is 6.32. The van der Waals surface area contributed by atoms with Crippen molar-refractivity contribution in [3.05, 3.63) is 28.8 Å². The van der Waals surface area contributed by atoms with Gasteiger partial charge in [0.25, 0.3) is 0 Å². The lowest BCUT2D eigenvalue weighted by Crippen LogP contribution is -2.32. The summed E-state index contributed by atoms with van der Waals surface area (Å²) in [6.07, 6.45) is 5.80. The van der Waals surface area contributed by atoms with Gasteiger partial charge in [-0.05, 0) is 69.7 Å². The van der Waals surface area contributed by atoms with Crippen molar-refractivity contribution in [3.8, 4) is 5.75 Å². The molecule has 0 bridgehead atoms. The Morgan fingerprint density at radius 1 is 1.29 bits per heavy atom. The third kappa shape index (κ3) is 5.17. The molecule has 1 aromatic rings. The minimum atomic E-state index is 0.432. The summed E-state index contributed by atoms with van der Waals surface area (Å²) in [6, 6.07) is 6.44. The Kier molecular flexibility index (Phi) is 6.81. The van der Waals surface area contributed by atoms with Gasteiger partial charge in [-0.2, -0.15) is 0 Å². The van der Waals surface area contributed by atoms with Crippen LogP contribution >= 0.6 is 11.6 Å². The Bertz CT molecular complexity index is 431. The Labute approximate surface area is 133 Å².